The molecule has 0 unspecified atom stereocenters. The van der Waals surface area contributed by atoms with Crippen LogP contribution in [0, 0.1) is 10.1 Å². The van der Waals surface area contributed by atoms with E-state index < -0.39 is 4.92 Å². The van der Waals surface area contributed by atoms with Gasteiger partial charge in [0, 0.05) is 33.9 Å². The first kappa shape index (κ1) is 20.7. The van der Waals surface area contributed by atoms with Crippen LogP contribution in [0.1, 0.15) is 44.5 Å². The average molecular weight is 477 g/mol. The minimum Gasteiger partial charge on any atom is -0.313 e. The number of Topliss-reactive ketones (excluding diaryl/α,β-unsaturated/α-hetero) is 1. The Morgan fingerprint density at radius 2 is 1.65 bits per heavy atom. The molecule has 6 nitrogen and oxygen atoms in total. The smallest absolute Gasteiger partial charge is 0.269 e. The number of nitro groups is 1. The third-order valence-corrected chi connectivity index (χ3v) is 5.64. The SMILES string of the molecule is CC(=O)c1cc(C(=O)c2ccc(Br)cc2)n2ccc(Cc3ccc([N+](=O)[O-])cc3)cc12. The highest BCUT2D eigenvalue weighted by Gasteiger charge is 2.19. The number of nitrogens with zero attached hydrogens (tertiary/aromatic N) is 2. The molecule has 4 rings (SSSR count). The Morgan fingerprint density at radius 1 is 0.968 bits per heavy atom. The highest BCUT2D eigenvalue weighted by molar-refractivity contribution is 9.10. The number of carbonyl (C=O) groups excluding carboxylic acids is 2. The van der Waals surface area contributed by atoms with Gasteiger partial charge >= 0.3 is 0 Å². The zero-order chi connectivity index (χ0) is 22.1. The molecule has 0 radical (unpaired) electrons. The molecule has 0 aliphatic rings. The molecule has 0 aliphatic carbocycles. The summed E-state index contributed by atoms with van der Waals surface area (Å²) in [5, 5.41) is 10.8. The average Bonchev–Trinajstić information content (AvgIpc) is 3.13. The third-order valence-electron chi connectivity index (χ3n) is 5.11. The van der Waals surface area contributed by atoms with Gasteiger partial charge in [-0.1, -0.05) is 28.1 Å². The van der Waals surface area contributed by atoms with Crippen molar-refractivity contribution in [3.05, 3.63) is 115 Å². The summed E-state index contributed by atoms with van der Waals surface area (Å²) in [4.78, 5) is 35.7. The molecule has 0 saturated carbocycles. The zero-order valence-electron chi connectivity index (χ0n) is 16.5. The van der Waals surface area contributed by atoms with E-state index in [4.69, 9.17) is 0 Å². The zero-order valence-corrected chi connectivity index (χ0v) is 18.1. The summed E-state index contributed by atoms with van der Waals surface area (Å²) in [5.74, 6) is -0.294. The Kier molecular flexibility index (Phi) is 5.52. The molecule has 0 N–H and O–H groups in total. The van der Waals surface area contributed by atoms with Gasteiger partial charge < -0.3 is 4.40 Å². The molecular formula is C24H17BrN2O4. The molecule has 0 atom stereocenters. The van der Waals surface area contributed by atoms with Crippen molar-refractivity contribution in [3.8, 4) is 0 Å². The maximum atomic E-state index is 13.1. The van der Waals surface area contributed by atoms with E-state index in [0.29, 0.717) is 28.8 Å². The number of carbonyl (C=O) groups is 2. The number of rotatable bonds is 6. The van der Waals surface area contributed by atoms with Gasteiger partial charge in [-0.2, -0.15) is 0 Å². The number of hydrogen-bond donors (Lipinski definition) is 0. The van der Waals surface area contributed by atoms with E-state index in [1.54, 1.807) is 53.1 Å². The number of pyridine rings is 1. The van der Waals surface area contributed by atoms with E-state index in [9.17, 15) is 19.7 Å². The summed E-state index contributed by atoms with van der Waals surface area (Å²) in [6, 6.07) is 18.9. The number of ketones is 2. The molecule has 7 heteroatoms. The molecule has 31 heavy (non-hydrogen) atoms. The van der Waals surface area contributed by atoms with Crippen LogP contribution in [-0.2, 0) is 6.42 Å². The van der Waals surface area contributed by atoms with Crippen molar-refractivity contribution in [3.63, 3.8) is 0 Å². The molecule has 0 amide bonds. The molecule has 0 fully saturated rings. The number of halogens is 1. The van der Waals surface area contributed by atoms with Crippen LogP contribution in [0.15, 0.2) is 77.4 Å². The lowest BCUT2D eigenvalue weighted by Gasteiger charge is -2.07. The van der Waals surface area contributed by atoms with Crippen LogP contribution in [0.3, 0.4) is 0 Å². The van der Waals surface area contributed by atoms with Gasteiger partial charge in [0.15, 0.2) is 5.78 Å². The molecule has 0 saturated heterocycles. The van der Waals surface area contributed by atoms with Gasteiger partial charge in [0.05, 0.1) is 16.1 Å². The first-order valence-electron chi connectivity index (χ1n) is 9.52. The van der Waals surface area contributed by atoms with Gasteiger partial charge in [0.25, 0.3) is 5.69 Å². The van der Waals surface area contributed by atoms with Gasteiger partial charge in [0.2, 0.25) is 5.78 Å². The topological polar surface area (TPSA) is 81.7 Å². The van der Waals surface area contributed by atoms with Crippen LogP contribution in [-0.4, -0.2) is 20.9 Å². The van der Waals surface area contributed by atoms with Crippen molar-refractivity contribution in [1.29, 1.82) is 0 Å². The van der Waals surface area contributed by atoms with E-state index in [1.165, 1.54) is 19.1 Å². The predicted molar refractivity (Wildman–Crippen MR) is 121 cm³/mol. The quantitative estimate of drug-likeness (QED) is 0.205. The van der Waals surface area contributed by atoms with E-state index in [-0.39, 0.29) is 17.3 Å². The van der Waals surface area contributed by atoms with Crippen molar-refractivity contribution < 1.29 is 14.5 Å². The molecule has 0 aliphatic heterocycles. The van der Waals surface area contributed by atoms with Crippen molar-refractivity contribution >= 4 is 38.7 Å². The summed E-state index contributed by atoms with van der Waals surface area (Å²) in [7, 11) is 0. The van der Waals surface area contributed by atoms with E-state index >= 15 is 0 Å². The Morgan fingerprint density at radius 3 is 2.26 bits per heavy atom. The molecule has 2 aromatic heterocycles. The van der Waals surface area contributed by atoms with E-state index in [2.05, 4.69) is 15.9 Å². The first-order valence-corrected chi connectivity index (χ1v) is 10.3. The van der Waals surface area contributed by atoms with Crippen molar-refractivity contribution in [2.45, 2.75) is 13.3 Å². The Hall–Kier alpha value is -3.58. The van der Waals surface area contributed by atoms with E-state index in [1.807, 2.05) is 12.1 Å². The maximum absolute atomic E-state index is 13.1. The highest BCUT2D eigenvalue weighted by Crippen LogP contribution is 2.24. The van der Waals surface area contributed by atoms with Gasteiger partial charge in [-0.3, -0.25) is 19.7 Å². The molecule has 0 bridgehead atoms. The van der Waals surface area contributed by atoms with Gasteiger partial charge in [-0.05, 0) is 66.9 Å². The number of fused-ring (bicyclic) bond motifs is 1. The monoisotopic (exact) mass is 476 g/mol. The summed E-state index contributed by atoms with van der Waals surface area (Å²) >= 11 is 3.37. The summed E-state index contributed by atoms with van der Waals surface area (Å²) in [6.45, 7) is 1.48. The van der Waals surface area contributed by atoms with Crippen LogP contribution < -0.4 is 0 Å². The number of non-ortho nitro benzene ring substituents is 1. The third kappa shape index (κ3) is 4.18. The molecule has 154 valence electrons. The normalized spacial score (nSPS) is 10.9. The van der Waals surface area contributed by atoms with Crippen LogP contribution in [0.4, 0.5) is 5.69 Å². The standard InChI is InChI=1S/C24H17BrN2O4/c1-15(28)21-14-23(24(29)18-4-6-19(25)7-5-18)26-11-10-17(13-22(21)26)12-16-2-8-20(9-3-16)27(30)31/h2-11,13-14H,12H2,1H3. The molecular weight excluding hydrogens is 460 g/mol. The largest absolute Gasteiger partial charge is 0.313 e. The second-order valence-corrected chi connectivity index (χ2v) is 8.14. The highest BCUT2D eigenvalue weighted by atomic mass is 79.9. The Bertz CT molecular complexity index is 1320. The molecule has 4 aromatic rings. The number of nitro benzene ring substituents is 1. The molecule has 2 heterocycles. The van der Waals surface area contributed by atoms with Gasteiger partial charge in [0.1, 0.15) is 0 Å². The minimum atomic E-state index is -0.431. The fourth-order valence-corrected chi connectivity index (χ4v) is 3.79. The second kappa shape index (κ2) is 8.28. The van der Waals surface area contributed by atoms with Crippen LogP contribution in [0.5, 0.6) is 0 Å². The fourth-order valence-electron chi connectivity index (χ4n) is 3.53. The summed E-state index contributed by atoms with van der Waals surface area (Å²) < 4.78 is 2.62. The van der Waals surface area contributed by atoms with Crippen LogP contribution >= 0.6 is 15.9 Å². The first-order chi connectivity index (χ1) is 14.8. The Labute approximate surface area is 186 Å². The lowest BCUT2D eigenvalue weighted by atomic mass is 10.0. The van der Waals surface area contributed by atoms with Crippen molar-refractivity contribution in [1.82, 2.24) is 4.40 Å². The minimum absolute atomic E-state index is 0.0424. The summed E-state index contributed by atoms with van der Waals surface area (Å²) in [5.41, 5.74) is 3.98. The van der Waals surface area contributed by atoms with Gasteiger partial charge in [-0.25, -0.2) is 0 Å². The lowest BCUT2D eigenvalue weighted by molar-refractivity contribution is -0.384. The maximum Gasteiger partial charge on any atom is 0.269 e. The second-order valence-electron chi connectivity index (χ2n) is 7.23. The van der Waals surface area contributed by atoms with E-state index in [0.717, 1.165) is 15.6 Å². The molecule has 2 aromatic carbocycles. The predicted octanol–water partition coefficient (Wildman–Crippen LogP) is 5.63. The summed E-state index contributed by atoms with van der Waals surface area (Å²) in [6.07, 6.45) is 2.33. The Balaban J connectivity index is 1.72. The number of benzene rings is 2. The number of hydrogen-bond acceptors (Lipinski definition) is 4. The lowest BCUT2D eigenvalue weighted by Crippen LogP contribution is -2.05. The van der Waals surface area contributed by atoms with Crippen LogP contribution in [0.25, 0.3) is 5.52 Å². The van der Waals surface area contributed by atoms with Crippen molar-refractivity contribution in [2.24, 2.45) is 0 Å². The van der Waals surface area contributed by atoms with Crippen LogP contribution in [0.2, 0.25) is 0 Å². The van der Waals surface area contributed by atoms with Crippen molar-refractivity contribution in [2.75, 3.05) is 0 Å². The number of aromatic nitrogens is 1. The fraction of sp³-hybridized carbons (Fsp3) is 0.0833. The van der Waals surface area contributed by atoms with Gasteiger partial charge in [-0.15, -0.1) is 0 Å². The molecule has 0 spiro atoms.